The average Bonchev–Trinajstić information content (AvgIpc) is 2.37. The monoisotopic (exact) mass is 278 g/mol. The molecule has 3 N–H and O–H groups in total. The molecule has 0 unspecified atom stereocenters. The first-order chi connectivity index (χ1) is 9.32. The Balaban J connectivity index is 2.95. The third kappa shape index (κ3) is 1.96. The highest BCUT2D eigenvalue weighted by Gasteiger charge is 2.23. The molecule has 0 amide bonds. The first kappa shape index (κ1) is 13.2. The van der Waals surface area contributed by atoms with Gasteiger partial charge in [0.05, 0.1) is 15.8 Å². The number of hydrogen-bond acceptors (Lipinski definition) is 5. The summed E-state index contributed by atoms with van der Waals surface area (Å²) in [6.07, 6.45) is 0. The summed E-state index contributed by atoms with van der Waals surface area (Å²) in [7, 11) is 0. The van der Waals surface area contributed by atoms with Crippen LogP contribution in [0.4, 0.5) is 5.69 Å². The third-order valence-corrected chi connectivity index (χ3v) is 2.62. The summed E-state index contributed by atoms with van der Waals surface area (Å²) in [6, 6.07) is 3.11. The van der Waals surface area contributed by atoms with Crippen molar-refractivity contribution in [1.82, 2.24) is 4.98 Å². The number of rotatable bonds is 3. The summed E-state index contributed by atoms with van der Waals surface area (Å²) in [5.74, 6) is -3.34. The number of H-pyrrole nitrogens is 1. The molecule has 0 radical (unpaired) electrons. The van der Waals surface area contributed by atoms with Crippen LogP contribution in [0.3, 0.4) is 0 Å². The Bertz CT molecular complexity index is 821. The molecule has 1 heterocycles. The summed E-state index contributed by atoms with van der Waals surface area (Å²) in [4.78, 5) is 46.1. The van der Waals surface area contributed by atoms with Gasteiger partial charge in [-0.15, -0.1) is 0 Å². The molecule has 2 aromatic rings. The molecule has 0 bridgehead atoms. The zero-order chi connectivity index (χ0) is 15.0. The van der Waals surface area contributed by atoms with E-state index in [4.69, 9.17) is 10.2 Å². The summed E-state index contributed by atoms with van der Waals surface area (Å²) in [5, 5.41) is 28.2. The molecule has 0 saturated heterocycles. The molecule has 0 aliphatic rings. The van der Waals surface area contributed by atoms with Gasteiger partial charge in [-0.2, -0.15) is 0 Å². The average molecular weight is 278 g/mol. The molecule has 0 saturated carbocycles. The Kier molecular flexibility index (Phi) is 2.95. The van der Waals surface area contributed by atoms with Crippen LogP contribution in [-0.2, 0) is 0 Å². The summed E-state index contributed by atoms with van der Waals surface area (Å²) < 4.78 is 0. The van der Waals surface area contributed by atoms with Crippen LogP contribution in [0.15, 0.2) is 23.0 Å². The van der Waals surface area contributed by atoms with Gasteiger partial charge >= 0.3 is 11.9 Å². The van der Waals surface area contributed by atoms with Crippen molar-refractivity contribution in [2.24, 2.45) is 0 Å². The van der Waals surface area contributed by atoms with E-state index in [1.54, 1.807) is 0 Å². The van der Waals surface area contributed by atoms with Gasteiger partial charge in [-0.3, -0.25) is 14.9 Å². The largest absolute Gasteiger partial charge is 0.477 e. The highest BCUT2D eigenvalue weighted by Crippen LogP contribution is 2.18. The van der Waals surface area contributed by atoms with Crippen LogP contribution in [-0.4, -0.2) is 32.1 Å². The van der Waals surface area contributed by atoms with Gasteiger partial charge in [-0.25, -0.2) is 9.59 Å². The maximum atomic E-state index is 12.0. The molecule has 0 spiro atoms. The second kappa shape index (κ2) is 4.46. The van der Waals surface area contributed by atoms with Crippen molar-refractivity contribution in [3.8, 4) is 0 Å². The number of fused-ring (bicyclic) bond motifs is 1. The van der Waals surface area contributed by atoms with Gasteiger partial charge in [0.15, 0.2) is 0 Å². The molecule has 102 valence electrons. The van der Waals surface area contributed by atoms with Crippen LogP contribution in [0.5, 0.6) is 0 Å². The van der Waals surface area contributed by atoms with E-state index in [0.29, 0.717) is 0 Å². The fourth-order valence-corrected chi connectivity index (χ4v) is 1.75. The Labute approximate surface area is 109 Å². The second-order valence-corrected chi connectivity index (χ2v) is 3.80. The van der Waals surface area contributed by atoms with E-state index in [9.17, 15) is 24.5 Å². The number of hydrogen-bond donors (Lipinski definition) is 3. The van der Waals surface area contributed by atoms with Gasteiger partial charge in [0.2, 0.25) is 5.43 Å². The van der Waals surface area contributed by atoms with Crippen molar-refractivity contribution in [3.63, 3.8) is 0 Å². The number of nitro benzene ring substituents is 1. The predicted molar refractivity (Wildman–Crippen MR) is 65.1 cm³/mol. The van der Waals surface area contributed by atoms with E-state index in [2.05, 4.69) is 4.98 Å². The van der Waals surface area contributed by atoms with Crippen LogP contribution in [0.1, 0.15) is 20.8 Å². The van der Waals surface area contributed by atoms with E-state index in [-0.39, 0.29) is 10.9 Å². The van der Waals surface area contributed by atoms with Crippen molar-refractivity contribution in [2.75, 3.05) is 0 Å². The number of nitro groups is 1. The van der Waals surface area contributed by atoms with Crippen LogP contribution in [0.25, 0.3) is 10.9 Å². The number of aromatic nitrogens is 1. The smallest absolute Gasteiger partial charge is 0.353 e. The summed E-state index contributed by atoms with van der Waals surface area (Å²) in [5.41, 5.74) is -3.23. The molecule has 0 atom stereocenters. The van der Waals surface area contributed by atoms with E-state index in [0.717, 1.165) is 18.2 Å². The second-order valence-electron chi connectivity index (χ2n) is 3.80. The minimum Gasteiger partial charge on any atom is -0.477 e. The molecule has 0 aliphatic heterocycles. The van der Waals surface area contributed by atoms with E-state index >= 15 is 0 Å². The van der Waals surface area contributed by atoms with Crippen molar-refractivity contribution >= 4 is 28.5 Å². The number of carboxylic acids is 2. The number of aromatic carboxylic acids is 2. The van der Waals surface area contributed by atoms with Crippen LogP contribution >= 0.6 is 0 Å². The molecule has 1 aromatic carbocycles. The minimum atomic E-state index is -1.72. The van der Waals surface area contributed by atoms with Crippen LogP contribution < -0.4 is 5.43 Å². The van der Waals surface area contributed by atoms with Gasteiger partial charge in [0, 0.05) is 12.1 Å². The Morgan fingerprint density at radius 3 is 2.35 bits per heavy atom. The lowest BCUT2D eigenvalue weighted by Gasteiger charge is -2.04. The van der Waals surface area contributed by atoms with Gasteiger partial charge in [-0.1, -0.05) is 0 Å². The molecular weight excluding hydrogens is 272 g/mol. The van der Waals surface area contributed by atoms with E-state index < -0.39 is 39.2 Å². The van der Waals surface area contributed by atoms with Crippen molar-refractivity contribution in [1.29, 1.82) is 0 Å². The molecular formula is C11H6N2O7. The molecule has 0 aliphatic carbocycles. The van der Waals surface area contributed by atoms with E-state index in [1.165, 1.54) is 0 Å². The molecule has 9 heteroatoms. The fourth-order valence-electron chi connectivity index (χ4n) is 1.75. The molecule has 20 heavy (non-hydrogen) atoms. The highest BCUT2D eigenvalue weighted by molar-refractivity contribution is 6.03. The molecule has 0 fully saturated rings. The van der Waals surface area contributed by atoms with Crippen molar-refractivity contribution in [3.05, 3.63) is 49.8 Å². The topological polar surface area (TPSA) is 151 Å². The van der Waals surface area contributed by atoms with Gasteiger partial charge in [0.1, 0.15) is 11.3 Å². The van der Waals surface area contributed by atoms with Gasteiger partial charge in [0.25, 0.3) is 5.69 Å². The Morgan fingerprint density at radius 1 is 1.20 bits per heavy atom. The summed E-state index contributed by atoms with van der Waals surface area (Å²) >= 11 is 0. The zero-order valence-electron chi connectivity index (χ0n) is 9.61. The highest BCUT2D eigenvalue weighted by atomic mass is 16.6. The summed E-state index contributed by atoms with van der Waals surface area (Å²) in [6.45, 7) is 0. The maximum Gasteiger partial charge on any atom is 0.353 e. The number of pyridine rings is 1. The number of aromatic amines is 1. The number of nitrogens with one attached hydrogen (secondary N) is 1. The lowest BCUT2D eigenvalue weighted by Crippen LogP contribution is -2.22. The molecule has 2 rings (SSSR count). The Hall–Kier alpha value is -3.23. The number of carboxylic acid groups (broad SMARTS) is 2. The van der Waals surface area contributed by atoms with Crippen LogP contribution in [0.2, 0.25) is 0 Å². The number of carbonyl (C=O) groups is 2. The van der Waals surface area contributed by atoms with Crippen LogP contribution in [0, 0.1) is 10.1 Å². The van der Waals surface area contributed by atoms with Gasteiger partial charge in [-0.05, 0) is 6.07 Å². The lowest BCUT2D eigenvalue weighted by atomic mass is 10.1. The Morgan fingerprint density at radius 2 is 1.85 bits per heavy atom. The lowest BCUT2D eigenvalue weighted by molar-refractivity contribution is -0.384. The quantitative estimate of drug-likeness (QED) is 0.555. The predicted octanol–water partition coefficient (Wildman–Crippen LogP) is 0.833. The number of non-ortho nitro benzene ring substituents is 1. The van der Waals surface area contributed by atoms with Crippen molar-refractivity contribution < 1.29 is 24.7 Å². The molecule has 9 nitrogen and oxygen atoms in total. The fraction of sp³-hybridized carbons (Fsp3) is 0. The van der Waals surface area contributed by atoms with Gasteiger partial charge < -0.3 is 15.2 Å². The maximum absolute atomic E-state index is 12.0. The zero-order valence-corrected chi connectivity index (χ0v) is 9.61. The number of nitrogens with zero attached hydrogens (tertiary/aromatic N) is 1. The number of benzene rings is 1. The van der Waals surface area contributed by atoms with Crippen molar-refractivity contribution in [2.45, 2.75) is 0 Å². The minimum absolute atomic E-state index is 0.00278. The third-order valence-electron chi connectivity index (χ3n) is 2.62. The standard InChI is InChI=1S/C11H6N2O7/c14-9-5-3-4(13(19)20)1-2-6(5)12-8(11(17)18)7(9)10(15)16/h1-3H,(H,12,14)(H,15,16)(H,17,18). The first-order valence-corrected chi connectivity index (χ1v) is 5.14. The molecule has 1 aromatic heterocycles. The first-order valence-electron chi connectivity index (χ1n) is 5.14. The van der Waals surface area contributed by atoms with E-state index in [1.807, 2.05) is 0 Å². The normalized spacial score (nSPS) is 10.4. The SMILES string of the molecule is O=C(O)c1[nH]c2ccc([N+](=O)[O-])cc2c(=O)c1C(=O)O.